The number of rotatable bonds is 5. The third kappa shape index (κ3) is 2.13. The van der Waals surface area contributed by atoms with Crippen molar-refractivity contribution in [1.82, 2.24) is 4.81 Å². The SMILES string of the molecule is C#CC1C(C)N1B(N)C(CC)CCC. The van der Waals surface area contributed by atoms with E-state index in [2.05, 4.69) is 31.5 Å². The van der Waals surface area contributed by atoms with E-state index in [4.69, 9.17) is 12.1 Å². The third-order valence-corrected chi connectivity index (χ3v) is 3.34. The van der Waals surface area contributed by atoms with Crippen LogP contribution in [0.3, 0.4) is 0 Å². The van der Waals surface area contributed by atoms with Crippen LogP contribution < -0.4 is 5.64 Å². The topological polar surface area (TPSA) is 29.0 Å². The van der Waals surface area contributed by atoms with Gasteiger partial charge in [0.2, 0.25) is 0 Å². The first-order valence-electron chi connectivity index (χ1n) is 5.66. The van der Waals surface area contributed by atoms with Gasteiger partial charge in [-0.05, 0) is 12.7 Å². The average molecular weight is 192 g/mol. The monoisotopic (exact) mass is 192 g/mol. The summed E-state index contributed by atoms with van der Waals surface area (Å²) in [5.41, 5.74) is 6.21. The zero-order valence-electron chi connectivity index (χ0n) is 9.53. The van der Waals surface area contributed by atoms with E-state index in [1.165, 1.54) is 12.8 Å². The van der Waals surface area contributed by atoms with Gasteiger partial charge in [0.25, 0.3) is 0 Å². The zero-order chi connectivity index (χ0) is 10.7. The van der Waals surface area contributed by atoms with E-state index in [0.717, 1.165) is 6.42 Å². The molecular formula is C11H21BN2. The van der Waals surface area contributed by atoms with Crippen molar-refractivity contribution in [3.05, 3.63) is 0 Å². The third-order valence-electron chi connectivity index (χ3n) is 3.34. The Labute approximate surface area is 88.3 Å². The molecule has 0 aliphatic carbocycles. The lowest BCUT2D eigenvalue weighted by atomic mass is 9.60. The highest BCUT2D eigenvalue weighted by atomic mass is 15.3. The summed E-state index contributed by atoms with van der Waals surface area (Å²) in [7, 11) is 0. The number of nitrogens with zero attached hydrogens (tertiary/aromatic N) is 1. The van der Waals surface area contributed by atoms with Crippen LogP contribution in [0.15, 0.2) is 0 Å². The second-order valence-corrected chi connectivity index (χ2v) is 4.25. The van der Waals surface area contributed by atoms with E-state index in [1.807, 2.05) is 0 Å². The molecule has 1 heterocycles. The van der Waals surface area contributed by atoms with Gasteiger partial charge in [0.1, 0.15) is 0 Å². The van der Waals surface area contributed by atoms with Crippen molar-refractivity contribution in [2.24, 2.45) is 5.64 Å². The largest absolute Gasteiger partial charge is 0.355 e. The smallest absolute Gasteiger partial charge is 0.309 e. The Morgan fingerprint density at radius 1 is 1.57 bits per heavy atom. The standard InChI is InChI=1S/C11H21BN2/c1-5-8-10(6-2)12(13)14-9(4)11(14)7-3/h3,9-11H,5-6,8,13H2,1-2,4H3. The van der Waals surface area contributed by atoms with Gasteiger partial charge in [-0.1, -0.05) is 39.0 Å². The second kappa shape index (κ2) is 4.86. The molecule has 2 N–H and O–H groups in total. The van der Waals surface area contributed by atoms with Crippen LogP contribution in [0.2, 0.25) is 5.82 Å². The Morgan fingerprint density at radius 2 is 2.21 bits per heavy atom. The molecule has 1 aliphatic rings. The van der Waals surface area contributed by atoms with Crippen molar-refractivity contribution < 1.29 is 0 Å². The van der Waals surface area contributed by atoms with Gasteiger partial charge >= 0.3 is 6.98 Å². The van der Waals surface area contributed by atoms with Gasteiger partial charge in [-0.25, -0.2) is 0 Å². The van der Waals surface area contributed by atoms with Gasteiger partial charge in [-0.15, -0.1) is 6.42 Å². The summed E-state index contributed by atoms with van der Waals surface area (Å²) < 4.78 is 0. The molecule has 3 heteroatoms. The van der Waals surface area contributed by atoms with E-state index in [0.29, 0.717) is 11.9 Å². The molecule has 0 bridgehead atoms. The molecule has 0 radical (unpaired) electrons. The summed E-state index contributed by atoms with van der Waals surface area (Å²) in [4.78, 5) is 2.25. The lowest BCUT2D eigenvalue weighted by Crippen LogP contribution is -2.41. The van der Waals surface area contributed by atoms with Crippen LogP contribution in [0.25, 0.3) is 0 Å². The summed E-state index contributed by atoms with van der Waals surface area (Å²) in [6, 6.07) is 0.775. The van der Waals surface area contributed by atoms with Gasteiger partial charge in [-0.3, -0.25) is 0 Å². The fourth-order valence-corrected chi connectivity index (χ4v) is 2.28. The number of hydrogen-bond donors (Lipinski definition) is 1. The number of hydrogen-bond acceptors (Lipinski definition) is 2. The zero-order valence-corrected chi connectivity index (χ0v) is 9.53. The molecule has 78 valence electrons. The molecule has 0 amide bonds. The summed E-state index contributed by atoms with van der Waals surface area (Å²) in [6.07, 6.45) is 8.98. The van der Waals surface area contributed by atoms with Crippen molar-refractivity contribution >= 4 is 6.98 Å². The maximum absolute atomic E-state index is 6.21. The number of terminal acetylenes is 1. The fraction of sp³-hybridized carbons (Fsp3) is 0.818. The van der Waals surface area contributed by atoms with E-state index in [-0.39, 0.29) is 13.0 Å². The molecule has 0 aromatic rings. The first-order chi connectivity index (χ1) is 6.67. The molecule has 1 saturated heterocycles. The molecule has 1 fully saturated rings. The van der Waals surface area contributed by atoms with Crippen LogP contribution in [0.5, 0.6) is 0 Å². The Balaban J connectivity index is 2.48. The Bertz CT molecular complexity index is 224. The maximum atomic E-state index is 6.21. The lowest BCUT2D eigenvalue weighted by molar-refractivity contribution is 0.630. The molecule has 4 unspecified atom stereocenters. The molecule has 1 aliphatic heterocycles. The van der Waals surface area contributed by atoms with Crippen LogP contribution >= 0.6 is 0 Å². The van der Waals surface area contributed by atoms with E-state index >= 15 is 0 Å². The fourth-order valence-electron chi connectivity index (χ4n) is 2.28. The van der Waals surface area contributed by atoms with Gasteiger partial charge in [0.15, 0.2) is 0 Å². The van der Waals surface area contributed by atoms with Crippen LogP contribution in [0.1, 0.15) is 40.0 Å². The molecule has 0 aromatic heterocycles. The maximum Gasteiger partial charge on any atom is 0.309 e. The quantitative estimate of drug-likeness (QED) is 0.408. The van der Waals surface area contributed by atoms with Crippen LogP contribution in [0, 0.1) is 12.3 Å². The predicted molar refractivity (Wildman–Crippen MR) is 62.8 cm³/mol. The van der Waals surface area contributed by atoms with Crippen molar-refractivity contribution in [3.8, 4) is 12.3 Å². The molecule has 1 rings (SSSR count). The summed E-state index contributed by atoms with van der Waals surface area (Å²) in [5, 5.41) is 0. The molecule has 2 nitrogen and oxygen atoms in total. The summed E-state index contributed by atoms with van der Waals surface area (Å²) >= 11 is 0. The summed E-state index contributed by atoms with van der Waals surface area (Å²) in [5.74, 6) is 3.38. The van der Waals surface area contributed by atoms with Crippen LogP contribution in [-0.2, 0) is 0 Å². The second-order valence-electron chi connectivity index (χ2n) is 4.25. The Hall–Kier alpha value is -0.455. The van der Waals surface area contributed by atoms with Crippen LogP contribution in [0.4, 0.5) is 0 Å². The highest BCUT2D eigenvalue weighted by Gasteiger charge is 2.49. The average Bonchev–Trinajstić information content (AvgIpc) is 2.84. The highest BCUT2D eigenvalue weighted by molar-refractivity contribution is 6.55. The van der Waals surface area contributed by atoms with E-state index in [9.17, 15) is 0 Å². The van der Waals surface area contributed by atoms with Crippen molar-refractivity contribution in [2.45, 2.75) is 57.9 Å². The Kier molecular flexibility index (Phi) is 4.03. The minimum atomic E-state index is 0.163. The van der Waals surface area contributed by atoms with Crippen molar-refractivity contribution in [1.29, 1.82) is 0 Å². The molecule has 0 spiro atoms. The molecule has 14 heavy (non-hydrogen) atoms. The van der Waals surface area contributed by atoms with E-state index in [1.54, 1.807) is 0 Å². The lowest BCUT2D eigenvalue weighted by Gasteiger charge is -2.19. The molecule has 0 saturated carbocycles. The molecular weight excluding hydrogens is 171 g/mol. The van der Waals surface area contributed by atoms with Gasteiger partial charge in [0.05, 0.1) is 6.04 Å². The number of nitrogens with two attached hydrogens (primary N) is 1. The van der Waals surface area contributed by atoms with E-state index < -0.39 is 0 Å². The first kappa shape index (κ1) is 11.6. The normalized spacial score (nSPS) is 32.1. The summed E-state index contributed by atoms with van der Waals surface area (Å²) in [6.45, 7) is 6.73. The van der Waals surface area contributed by atoms with Crippen molar-refractivity contribution in [3.63, 3.8) is 0 Å². The van der Waals surface area contributed by atoms with Crippen molar-refractivity contribution in [2.75, 3.05) is 0 Å². The minimum Gasteiger partial charge on any atom is -0.355 e. The van der Waals surface area contributed by atoms with Gasteiger partial charge < -0.3 is 10.5 Å². The van der Waals surface area contributed by atoms with Crippen LogP contribution in [-0.4, -0.2) is 23.9 Å². The minimum absolute atomic E-state index is 0.163. The predicted octanol–water partition coefficient (Wildman–Crippen LogP) is 1.72. The first-order valence-corrected chi connectivity index (χ1v) is 5.66. The molecule has 0 aromatic carbocycles. The highest BCUT2D eigenvalue weighted by Crippen LogP contribution is 2.33. The Morgan fingerprint density at radius 3 is 2.57 bits per heavy atom. The molecule has 4 atom stereocenters. The van der Waals surface area contributed by atoms with Gasteiger partial charge in [-0.2, -0.15) is 0 Å². The van der Waals surface area contributed by atoms with Gasteiger partial charge in [0, 0.05) is 6.04 Å².